The number of hydrogen-bond acceptors (Lipinski definition) is 3. The number of hydrogen-bond donors (Lipinski definition) is 1. The molecule has 0 radical (unpaired) electrons. The van der Waals surface area contributed by atoms with Gasteiger partial charge in [0, 0.05) is 29.2 Å². The number of carbonyl (C=O) groups excluding carboxylic acids is 1. The summed E-state index contributed by atoms with van der Waals surface area (Å²) in [4.78, 5) is 15.0. The third kappa shape index (κ3) is 3.35. The molecule has 154 valence electrons. The minimum atomic E-state index is -3.73. The molecule has 0 unspecified atom stereocenters. The molecule has 0 aromatic heterocycles. The first-order chi connectivity index (χ1) is 14.5. The van der Waals surface area contributed by atoms with Crippen LogP contribution in [-0.4, -0.2) is 20.9 Å². The van der Waals surface area contributed by atoms with Gasteiger partial charge in [-0.15, -0.1) is 0 Å². The number of sulfonamides is 1. The van der Waals surface area contributed by atoms with Crippen LogP contribution >= 0.6 is 0 Å². The Bertz CT molecular complexity index is 1220. The molecule has 5 nitrogen and oxygen atoms in total. The number of rotatable bonds is 4. The molecule has 1 fully saturated rings. The first-order valence-corrected chi connectivity index (χ1v) is 12.0. The molecule has 0 atom stereocenters. The van der Waals surface area contributed by atoms with Crippen LogP contribution in [0.2, 0.25) is 0 Å². The zero-order valence-electron chi connectivity index (χ0n) is 16.7. The highest BCUT2D eigenvalue weighted by Crippen LogP contribution is 2.35. The average molecular weight is 421 g/mol. The molecule has 30 heavy (non-hydrogen) atoms. The van der Waals surface area contributed by atoms with Crippen LogP contribution in [0.4, 0.5) is 11.4 Å². The van der Waals surface area contributed by atoms with Crippen molar-refractivity contribution in [2.24, 2.45) is 5.92 Å². The van der Waals surface area contributed by atoms with Gasteiger partial charge in [0.2, 0.25) is 5.91 Å². The molecule has 0 spiro atoms. The maximum absolute atomic E-state index is 13.1. The summed E-state index contributed by atoms with van der Waals surface area (Å²) in [5.74, 6) is 0.357. The number of nitrogens with zero attached hydrogens (tertiary/aromatic N) is 1. The van der Waals surface area contributed by atoms with Crippen molar-refractivity contribution in [3.63, 3.8) is 0 Å². The van der Waals surface area contributed by atoms with Crippen molar-refractivity contribution in [1.29, 1.82) is 0 Å². The predicted octanol–water partition coefficient (Wildman–Crippen LogP) is 4.72. The monoisotopic (exact) mass is 420 g/mol. The lowest BCUT2D eigenvalue weighted by molar-refractivity contribution is -0.122. The number of benzene rings is 3. The number of nitrogens with one attached hydrogen (secondary N) is 1. The van der Waals surface area contributed by atoms with Crippen LogP contribution < -0.4 is 9.62 Å². The van der Waals surface area contributed by atoms with E-state index in [1.165, 1.54) is 0 Å². The summed E-state index contributed by atoms with van der Waals surface area (Å²) in [6.07, 6.45) is 4.97. The third-order valence-corrected chi connectivity index (χ3v) is 7.68. The van der Waals surface area contributed by atoms with E-state index in [4.69, 9.17) is 0 Å². The van der Waals surface area contributed by atoms with Crippen molar-refractivity contribution in [2.75, 3.05) is 16.2 Å². The Balaban J connectivity index is 1.42. The summed E-state index contributed by atoms with van der Waals surface area (Å²) in [5.41, 5.74) is 2.45. The molecule has 0 saturated heterocycles. The zero-order valence-corrected chi connectivity index (χ0v) is 17.5. The second kappa shape index (κ2) is 7.43. The van der Waals surface area contributed by atoms with Crippen LogP contribution in [0.1, 0.15) is 31.2 Å². The first kappa shape index (κ1) is 19.1. The summed E-state index contributed by atoms with van der Waals surface area (Å²) in [7, 11) is -3.73. The molecule has 3 aromatic rings. The number of anilines is 2. The quantitative estimate of drug-likeness (QED) is 0.664. The Labute approximate surface area is 176 Å². The lowest BCUT2D eigenvalue weighted by atomic mass is 10.1. The average Bonchev–Trinajstić information content (AvgIpc) is 3.42. The van der Waals surface area contributed by atoms with Crippen LogP contribution in [0.5, 0.6) is 0 Å². The van der Waals surface area contributed by atoms with E-state index in [-0.39, 0.29) is 16.7 Å². The van der Waals surface area contributed by atoms with Crippen molar-refractivity contribution < 1.29 is 13.2 Å². The highest BCUT2D eigenvalue weighted by molar-refractivity contribution is 7.93. The topological polar surface area (TPSA) is 66.5 Å². The molecule has 6 heteroatoms. The Morgan fingerprint density at radius 1 is 0.967 bits per heavy atom. The number of amides is 1. The molecular formula is C24H24N2O3S. The Morgan fingerprint density at radius 2 is 1.73 bits per heavy atom. The van der Waals surface area contributed by atoms with Crippen molar-refractivity contribution in [1.82, 2.24) is 0 Å². The Morgan fingerprint density at radius 3 is 2.57 bits per heavy atom. The molecule has 1 aliphatic heterocycles. The van der Waals surface area contributed by atoms with Gasteiger partial charge < -0.3 is 4.90 Å². The van der Waals surface area contributed by atoms with Gasteiger partial charge in [-0.25, -0.2) is 8.42 Å². The predicted molar refractivity (Wildman–Crippen MR) is 119 cm³/mol. The van der Waals surface area contributed by atoms with E-state index in [2.05, 4.69) is 4.72 Å². The lowest BCUT2D eigenvalue weighted by Crippen LogP contribution is -2.33. The molecule has 0 bridgehead atoms. The molecule has 3 aromatic carbocycles. The fourth-order valence-electron chi connectivity index (χ4n) is 4.73. The maximum Gasteiger partial charge on any atom is 0.262 e. The number of carbonyl (C=O) groups is 1. The molecule has 1 heterocycles. The summed E-state index contributed by atoms with van der Waals surface area (Å²) >= 11 is 0. The minimum absolute atomic E-state index is 0.139. The van der Waals surface area contributed by atoms with Crippen LogP contribution in [0.25, 0.3) is 10.8 Å². The largest absolute Gasteiger partial charge is 0.312 e. The van der Waals surface area contributed by atoms with Gasteiger partial charge >= 0.3 is 0 Å². The van der Waals surface area contributed by atoms with Gasteiger partial charge in [0.1, 0.15) is 0 Å². The summed E-state index contributed by atoms with van der Waals surface area (Å²) < 4.78 is 28.9. The Kier molecular flexibility index (Phi) is 4.74. The van der Waals surface area contributed by atoms with E-state index in [9.17, 15) is 13.2 Å². The van der Waals surface area contributed by atoms with Gasteiger partial charge in [0.05, 0.1) is 4.90 Å². The fourth-order valence-corrected chi connectivity index (χ4v) is 6.01. The highest BCUT2D eigenvalue weighted by atomic mass is 32.2. The second-order valence-electron chi connectivity index (χ2n) is 8.15. The molecule has 1 aliphatic carbocycles. The van der Waals surface area contributed by atoms with Crippen molar-refractivity contribution in [3.8, 4) is 0 Å². The van der Waals surface area contributed by atoms with Gasteiger partial charge in [-0.3, -0.25) is 9.52 Å². The smallest absolute Gasteiger partial charge is 0.262 e. The molecule has 1 amide bonds. The Hall–Kier alpha value is -2.86. The third-order valence-electron chi connectivity index (χ3n) is 6.24. The minimum Gasteiger partial charge on any atom is -0.312 e. The summed E-state index contributed by atoms with van der Waals surface area (Å²) in [6, 6.07) is 18.2. The normalized spacial score (nSPS) is 16.7. The van der Waals surface area contributed by atoms with E-state index in [0.717, 1.165) is 48.7 Å². The molecule has 2 aliphatic rings. The van der Waals surface area contributed by atoms with Gasteiger partial charge in [-0.05, 0) is 54.5 Å². The zero-order chi connectivity index (χ0) is 20.7. The van der Waals surface area contributed by atoms with Crippen LogP contribution in [-0.2, 0) is 21.2 Å². The lowest BCUT2D eigenvalue weighted by Gasteiger charge is -2.21. The van der Waals surface area contributed by atoms with Crippen molar-refractivity contribution in [3.05, 3.63) is 66.2 Å². The van der Waals surface area contributed by atoms with E-state index in [1.807, 2.05) is 47.4 Å². The molecule has 1 saturated carbocycles. The van der Waals surface area contributed by atoms with Gasteiger partial charge in [-0.1, -0.05) is 49.2 Å². The standard InChI is InChI=1S/C24H24N2O3S/c27-24(18-7-1-2-8-18)26-15-14-19-16-20(12-13-22(19)26)25-30(28,29)23-11-5-9-17-6-3-4-10-21(17)23/h3-6,9-13,16,18,25H,1-2,7-8,14-15H2. The van der Waals surface area contributed by atoms with Crippen LogP contribution in [0.15, 0.2) is 65.6 Å². The number of fused-ring (bicyclic) bond motifs is 2. The van der Waals surface area contributed by atoms with E-state index in [1.54, 1.807) is 18.2 Å². The highest BCUT2D eigenvalue weighted by Gasteiger charge is 2.32. The fraction of sp³-hybridized carbons (Fsp3) is 0.292. The van der Waals surface area contributed by atoms with Gasteiger partial charge in [0.15, 0.2) is 0 Å². The van der Waals surface area contributed by atoms with Crippen LogP contribution in [0, 0.1) is 5.92 Å². The van der Waals surface area contributed by atoms with Crippen molar-refractivity contribution >= 4 is 38.1 Å². The van der Waals surface area contributed by atoms with Gasteiger partial charge in [-0.2, -0.15) is 0 Å². The summed E-state index contributed by atoms with van der Waals surface area (Å²) in [5, 5.41) is 1.58. The first-order valence-electron chi connectivity index (χ1n) is 10.5. The van der Waals surface area contributed by atoms with E-state index in [0.29, 0.717) is 17.6 Å². The molecular weight excluding hydrogens is 396 g/mol. The van der Waals surface area contributed by atoms with Crippen molar-refractivity contribution in [2.45, 2.75) is 37.0 Å². The second-order valence-corrected chi connectivity index (χ2v) is 9.80. The SMILES string of the molecule is O=C(C1CCCC1)N1CCc2cc(NS(=O)(=O)c3cccc4ccccc34)ccc21. The summed E-state index contributed by atoms with van der Waals surface area (Å²) in [6.45, 7) is 0.671. The van der Waals surface area contributed by atoms with E-state index >= 15 is 0 Å². The van der Waals surface area contributed by atoms with Crippen LogP contribution in [0.3, 0.4) is 0 Å². The molecule has 5 rings (SSSR count). The maximum atomic E-state index is 13.1. The van der Waals surface area contributed by atoms with Gasteiger partial charge in [0.25, 0.3) is 10.0 Å². The van der Waals surface area contributed by atoms with E-state index < -0.39 is 10.0 Å². The molecule has 1 N–H and O–H groups in total.